The van der Waals surface area contributed by atoms with Gasteiger partial charge in [0.1, 0.15) is 5.75 Å². The Hall–Kier alpha value is -2.37. The molecule has 0 saturated carbocycles. The third-order valence-electron chi connectivity index (χ3n) is 2.89. The van der Waals surface area contributed by atoms with E-state index in [1.54, 1.807) is 29.2 Å². The van der Waals surface area contributed by atoms with Crippen LogP contribution in [0.25, 0.3) is 0 Å². The Labute approximate surface area is 136 Å². The molecule has 0 bridgehead atoms. The van der Waals surface area contributed by atoms with Crippen molar-refractivity contribution in [3.63, 3.8) is 0 Å². The van der Waals surface area contributed by atoms with E-state index in [9.17, 15) is 5.11 Å². The molecule has 0 fully saturated rings. The van der Waals surface area contributed by atoms with Crippen molar-refractivity contribution in [3.05, 3.63) is 65.2 Å². The van der Waals surface area contributed by atoms with Gasteiger partial charge in [-0.25, -0.2) is 0 Å². The molecule has 0 unspecified atom stereocenters. The summed E-state index contributed by atoms with van der Waals surface area (Å²) in [5.41, 5.74) is 1.58. The van der Waals surface area contributed by atoms with E-state index in [1.807, 2.05) is 30.3 Å². The van der Waals surface area contributed by atoms with Crippen LogP contribution in [0.15, 0.2) is 54.6 Å². The van der Waals surface area contributed by atoms with Crippen LogP contribution >= 0.6 is 23.2 Å². The summed E-state index contributed by atoms with van der Waals surface area (Å²) in [5.74, 6) is 0.463. The number of aromatic nitrogens is 3. The zero-order chi connectivity index (χ0) is 15.5. The Kier molecular flexibility index (Phi) is 4.09. The molecular weight excluding hydrogens is 323 g/mol. The fraction of sp³-hybridized carbons (Fsp3) is 0. The van der Waals surface area contributed by atoms with Gasteiger partial charge in [-0.15, -0.1) is 0 Å². The molecule has 5 nitrogen and oxygen atoms in total. The third-order valence-corrected chi connectivity index (χ3v) is 3.23. The molecule has 2 aromatic carbocycles. The summed E-state index contributed by atoms with van der Waals surface area (Å²) in [4.78, 5) is 13.8. The molecule has 0 atom stereocenters. The second kappa shape index (κ2) is 6.17. The number of anilines is 3. The summed E-state index contributed by atoms with van der Waals surface area (Å²) in [7, 11) is 0. The first-order valence-electron chi connectivity index (χ1n) is 6.35. The highest BCUT2D eigenvalue weighted by molar-refractivity contribution is 6.31. The quantitative estimate of drug-likeness (QED) is 0.772. The first-order chi connectivity index (χ1) is 10.6. The van der Waals surface area contributed by atoms with Crippen LogP contribution in [0.2, 0.25) is 10.6 Å². The van der Waals surface area contributed by atoms with E-state index < -0.39 is 0 Å². The molecule has 1 heterocycles. The molecule has 0 aliphatic carbocycles. The number of aromatic hydroxyl groups is 1. The zero-order valence-electron chi connectivity index (χ0n) is 11.2. The predicted octanol–water partition coefficient (Wildman–Crippen LogP) is 4.35. The SMILES string of the molecule is Oc1ccc(N(c2ccccc2)c2nc(Cl)nc(Cl)n2)cc1. The van der Waals surface area contributed by atoms with Crippen LogP contribution < -0.4 is 4.90 Å². The average Bonchev–Trinajstić information content (AvgIpc) is 2.50. The van der Waals surface area contributed by atoms with Gasteiger partial charge >= 0.3 is 0 Å². The lowest BCUT2D eigenvalue weighted by molar-refractivity contribution is 0.475. The number of benzene rings is 2. The fourth-order valence-corrected chi connectivity index (χ4v) is 2.33. The van der Waals surface area contributed by atoms with E-state index in [-0.39, 0.29) is 16.3 Å². The van der Waals surface area contributed by atoms with Crippen LogP contribution in [0.5, 0.6) is 5.75 Å². The average molecular weight is 333 g/mol. The summed E-state index contributed by atoms with van der Waals surface area (Å²) in [6.45, 7) is 0. The van der Waals surface area contributed by atoms with Crippen molar-refractivity contribution < 1.29 is 5.11 Å². The highest BCUT2D eigenvalue weighted by Gasteiger charge is 2.16. The van der Waals surface area contributed by atoms with Gasteiger partial charge in [-0.2, -0.15) is 15.0 Å². The van der Waals surface area contributed by atoms with Crippen molar-refractivity contribution in [2.75, 3.05) is 4.90 Å². The van der Waals surface area contributed by atoms with Gasteiger partial charge in [0.2, 0.25) is 16.5 Å². The van der Waals surface area contributed by atoms with Crippen LogP contribution in [-0.4, -0.2) is 20.1 Å². The monoisotopic (exact) mass is 332 g/mol. The predicted molar refractivity (Wildman–Crippen MR) is 86.2 cm³/mol. The second-order valence-corrected chi connectivity index (χ2v) is 5.04. The highest BCUT2D eigenvalue weighted by Crippen LogP contribution is 2.33. The van der Waals surface area contributed by atoms with Gasteiger partial charge in [-0.1, -0.05) is 18.2 Å². The van der Waals surface area contributed by atoms with Crippen molar-refractivity contribution in [1.82, 2.24) is 15.0 Å². The molecule has 3 rings (SSSR count). The molecule has 0 saturated heterocycles. The van der Waals surface area contributed by atoms with Crippen LogP contribution in [0, 0.1) is 0 Å². The van der Waals surface area contributed by atoms with Crippen molar-refractivity contribution >= 4 is 40.5 Å². The second-order valence-electron chi connectivity index (χ2n) is 4.36. The Morgan fingerprint density at radius 1 is 0.727 bits per heavy atom. The van der Waals surface area contributed by atoms with Crippen molar-refractivity contribution in [2.24, 2.45) is 0 Å². The number of phenolic OH excluding ortho intramolecular Hbond substituents is 1. The van der Waals surface area contributed by atoms with Crippen LogP contribution in [-0.2, 0) is 0 Å². The Morgan fingerprint density at radius 3 is 1.86 bits per heavy atom. The first kappa shape index (κ1) is 14.6. The maximum Gasteiger partial charge on any atom is 0.240 e. The maximum absolute atomic E-state index is 9.47. The van der Waals surface area contributed by atoms with E-state index in [4.69, 9.17) is 23.2 Å². The summed E-state index contributed by atoms with van der Waals surface area (Å²) < 4.78 is 0. The summed E-state index contributed by atoms with van der Waals surface area (Å²) >= 11 is 11.8. The highest BCUT2D eigenvalue weighted by atomic mass is 35.5. The Morgan fingerprint density at radius 2 is 1.27 bits per heavy atom. The van der Waals surface area contributed by atoms with Crippen molar-refractivity contribution in [1.29, 1.82) is 0 Å². The minimum absolute atomic E-state index is 0.00899. The van der Waals surface area contributed by atoms with Gasteiger partial charge in [0, 0.05) is 11.4 Å². The molecule has 0 amide bonds. The maximum atomic E-state index is 9.47. The molecule has 22 heavy (non-hydrogen) atoms. The van der Waals surface area contributed by atoms with E-state index in [2.05, 4.69) is 15.0 Å². The summed E-state index contributed by atoms with van der Waals surface area (Å²) in [6.07, 6.45) is 0. The first-order valence-corrected chi connectivity index (χ1v) is 7.10. The molecule has 0 spiro atoms. The van der Waals surface area contributed by atoms with Crippen LogP contribution in [0.3, 0.4) is 0 Å². The number of hydrogen-bond donors (Lipinski definition) is 1. The molecule has 0 radical (unpaired) electrons. The fourth-order valence-electron chi connectivity index (χ4n) is 1.97. The lowest BCUT2D eigenvalue weighted by Crippen LogP contribution is -2.14. The molecule has 3 aromatic rings. The number of phenols is 1. The van der Waals surface area contributed by atoms with Crippen LogP contribution in [0.4, 0.5) is 17.3 Å². The molecular formula is C15H10Cl2N4O. The van der Waals surface area contributed by atoms with Gasteiger partial charge < -0.3 is 5.11 Å². The largest absolute Gasteiger partial charge is 0.508 e. The minimum atomic E-state index is 0.00899. The summed E-state index contributed by atoms with van der Waals surface area (Å²) in [6, 6.07) is 16.1. The van der Waals surface area contributed by atoms with E-state index in [1.165, 1.54) is 0 Å². The smallest absolute Gasteiger partial charge is 0.240 e. The molecule has 110 valence electrons. The van der Waals surface area contributed by atoms with E-state index in [0.717, 1.165) is 11.4 Å². The van der Waals surface area contributed by atoms with Gasteiger partial charge in [-0.05, 0) is 59.6 Å². The van der Waals surface area contributed by atoms with Gasteiger partial charge in [0.15, 0.2) is 0 Å². The van der Waals surface area contributed by atoms with Gasteiger partial charge in [0.05, 0.1) is 0 Å². The number of halogens is 2. The molecule has 0 aliphatic rings. The lowest BCUT2D eigenvalue weighted by atomic mass is 10.2. The molecule has 1 N–H and O–H groups in total. The third kappa shape index (κ3) is 3.10. The number of nitrogens with zero attached hydrogens (tertiary/aromatic N) is 4. The minimum Gasteiger partial charge on any atom is -0.508 e. The standard InChI is InChI=1S/C15H10Cl2N4O/c16-13-18-14(17)20-15(19-13)21(10-4-2-1-3-5-10)11-6-8-12(22)9-7-11/h1-9,22H. The van der Waals surface area contributed by atoms with E-state index in [0.29, 0.717) is 5.95 Å². The normalized spacial score (nSPS) is 10.5. The summed E-state index contributed by atoms with van der Waals surface area (Å²) in [5, 5.41) is 9.48. The van der Waals surface area contributed by atoms with Gasteiger partial charge in [-0.3, -0.25) is 4.90 Å². The molecule has 0 aliphatic heterocycles. The number of hydrogen-bond acceptors (Lipinski definition) is 5. The molecule has 7 heteroatoms. The van der Waals surface area contributed by atoms with Crippen LogP contribution in [0.1, 0.15) is 0 Å². The zero-order valence-corrected chi connectivity index (χ0v) is 12.7. The molecule has 1 aromatic heterocycles. The van der Waals surface area contributed by atoms with Crippen molar-refractivity contribution in [2.45, 2.75) is 0 Å². The topological polar surface area (TPSA) is 62.1 Å². The Bertz CT molecular complexity index is 761. The number of para-hydroxylation sites is 1. The lowest BCUT2D eigenvalue weighted by Gasteiger charge is -2.22. The van der Waals surface area contributed by atoms with Crippen molar-refractivity contribution in [3.8, 4) is 5.75 Å². The van der Waals surface area contributed by atoms with Gasteiger partial charge in [0.25, 0.3) is 0 Å². The number of rotatable bonds is 3. The Balaban J connectivity index is 2.16. The van der Waals surface area contributed by atoms with E-state index >= 15 is 0 Å².